The summed E-state index contributed by atoms with van der Waals surface area (Å²) in [5, 5.41) is 7.81. The van der Waals surface area contributed by atoms with Crippen molar-refractivity contribution < 1.29 is 8.42 Å². The lowest BCUT2D eigenvalue weighted by Crippen LogP contribution is -2.37. The van der Waals surface area contributed by atoms with Crippen LogP contribution in [0.3, 0.4) is 0 Å². The highest BCUT2D eigenvalue weighted by atomic mass is 32.2. The lowest BCUT2D eigenvalue weighted by molar-refractivity contribution is 0.588. The van der Waals surface area contributed by atoms with E-state index < -0.39 is 10.0 Å². The Morgan fingerprint density at radius 2 is 1.86 bits per heavy atom. The summed E-state index contributed by atoms with van der Waals surface area (Å²) < 4.78 is 25.9. The van der Waals surface area contributed by atoms with Crippen molar-refractivity contribution in [2.75, 3.05) is 20.6 Å². The molecule has 7 nitrogen and oxygen atoms in total. The molecule has 154 valence electrons. The minimum Gasteiger partial charge on any atom is -0.361 e. The molecule has 0 saturated carbocycles. The number of guanidine groups is 1. The fourth-order valence-corrected chi connectivity index (χ4v) is 3.86. The highest BCUT2D eigenvalue weighted by molar-refractivity contribution is 7.89. The van der Waals surface area contributed by atoms with E-state index in [1.807, 2.05) is 0 Å². The molecule has 3 rings (SSSR count). The van der Waals surface area contributed by atoms with Gasteiger partial charge in [-0.3, -0.25) is 4.99 Å². The van der Waals surface area contributed by atoms with Crippen LogP contribution >= 0.6 is 0 Å². The van der Waals surface area contributed by atoms with Gasteiger partial charge >= 0.3 is 0 Å². The second kappa shape index (κ2) is 9.11. The third-order valence-electron chi connectivity index (χ3n) is 4.80. The van der Waals surface area contributed by atoms with Crippen LogP contribution < -0.4 is 15.4 Å². The third kappa shape index (κ3) is 5.16. The van der Waals surface area contributed by atoms with Crippen LogP contribution in [0.25, 0.3) is 10.9 Å². The predicted octanol–water partition coefficient (Wildman–Crippen LogP) is 2.29. The normalized spacial score (nSPS) is 12.3. The number of hydrogen-bond donors (Lipinski definition) is 4. The molecule has 3 aromatic rings. The standard InChI is InChI=1S/C21H27N5O2S/c1-15-4-9-19-17(14-25-20(19)12-15)10-11-24-21(22-2)26-13-16-5-7-18(8-6-16)29(27,28)23-3/h4-9,12,14,23,25H,10-11,13H2,1-3H3,(H2,22,24,26). The summed E-state index contributed by atoms with van der Waals surface area (Å²) in [5.74, 6) is 0.701. The molecular formula is C21H27N5O2S. The number of rotatable bonds is 7. The van der Waals surface area contributed by atoms with Crippen LogP contribution in [0.4, 0.5) is 0 Å². The zero-order valence-corrected chi connectivity index (χ0v) is 17.7. The van der Waals surface area contributed by atoms with Crippen molar-refractivity contribution in [3.8, 4) is 0 Å². The number of fused-ring (bicyclic) bond motifs is 1. The molecule has 1 aromatic heterocycles. The van der Waals surface area contributed by atoms with Crippen molar-refractivity contribution in [3.05, 3.63) is 65.4 Å². The van der Waals surface area contributed by atoms with E-state index in [4.69, 9.17) is 0 Å². The largest absolute Gasteiger partial charge is 0.361 e. The highest BCUT2D eigenvalue weighted by Crippen LogP contribution is 2.19. The van der Waals surface area contributed by atoms with Crippen molar-refractivity contribution in [2.24, 2.45) is 4.99 Å². The second-order valence-electron chi connectivity index (χ2n) is 6.82. The van der Waals surface area contributed by atoms with Gasteiger partial charge in [-0.25, -0.2) is 13.1 Å². The molecule has 1 heterocycles. The predicted molar refractivity (Wildman–Crippen MR) is 118 cm³/mol. The molecule has 0 radical (unpaired) electrons. The van der Waals surface area contributed by atoms with Gasteiger partial charge in [0.05, 0.1) is 4.90 Å². The van der Waals surface area contributed by atoms with Gasteiger partial charge in [0, 0.05) is 37.2 Å². The third-order valence-corrected chi connectivity index (χ3v) is 6.23. The molecule has 4 N–H and O–H groups in total. The first kappa shape index (κ1) is 20.9. The van der Waals surface area contributed by atoms with Crippen molar-refractivity contribution in [3.63, 3.8) is 0 Å². The summed E-state index contributed by atoms with van der Waals surface area (Å²) in [6, 6.07) is 13.2. The maximum Gasteiger partial charge on any atom is 0.240 e. The van der Waals surface area contributed by atoms with E-state index in [1.165, 1.54) is 23.6 Å². The van der Waals surface area contributed by atoms with Gasteiger partial charge in [0.15, 0.2) is 5.96 Å². The van der Waals surface area contributed by atoms with E-state index in [0.717, 1.165) is 24.0 Å². The van der Waals surface area contributed by atoms with E-state index >= 15 is 0 Å². The molecule has 0 bridgehead atoms. The molecule has 0 amide bonds. The van der Waals surface area contributed by atoms with E-state index in [1.54, 1.807) is 31.3 Å². The monoisotopic (exact) mass is 413 g/mol. The minimum atomic E-state index is -3.41. The average molecular weight is 414 g/mol. The number of aromatic nitrogens is 1. The fraction of sp³-hybridized carbons (Fsp3) is 0.286. The SMILES string of the molecule is CN=C(NCCc1c[nH]c2cc(C)ccc12)NCc1ccc(S(=O)(=O)NC)cc1. The number of nitrogens with zero attached hydrogens (tertiary/aromatic N) is 1. The summed E-state index contributed by atoms with van der Waals surface area (Å²) in [6.45, 7) is 3.39. The molecule has 0 aliphatic rings. The van der Waals surface area contributed by atoms with Crippen LogP contribution in [0, 0.1) is 6.92 Å². The Morgan fingerprint density at radius 3 is 2.55 bits per heavy atom. The molecule has 8 heteroatoms. The Labute approximate surface area is 171 Å². The maximum absolute atomic E-state index is 11.8. The van der Waals surface area contributed by atoms with Gasteiger partial charge in [-0.2, -0.15) is 0 Å². The van der Waals surface area contributed by atoms with Crippen molar-refractivity contribution in [2.45, 2.75) is 24.8 Å². The topological polar surface area (TPSA) is 98.4 Å². The van der Waals surface area contributed by atoms with Gasteiger partial charge in [0.1, 0.15) is 0 Å². The smallest absolute Gasteiger partial charge is 0.240 e. The minimum absolute atomic E-state index is 0.250. The number of aliphatic imine (C=N–C) groups is 1. The molecule has 29 heavy (non-hydrogen) atoms. The average Bonchev–Trinajstić information content (AvgIpc) is 3.12. The number of benzene rings is 2. The van der Waals surface area contributed by atoms with Crippen molar-refractivity contribution in [1.29, 1.82) is 0 Å². The first-order chi connectivity index (χ1) is 13.9. The van der Waals surface area contributed by atoms with Crippen molar-refractivity contribution in [1.82, 2.24) is 20.3 Å². The van der Waals surface area contributed by atoms with Gasteiger partial charge in [-0.05, 0) is 55.3 Å². The number of aryl methyl sites for hydroxylation is 1. The summed E-state index contributed by atoms with van der Waals surface area (Å²) >= 11 is 0. The van der Waals surface area contributed by atoms with Gasteiger partial charge in [-0.1, -0.05) is 24.3 Å². The molecule has 0 aliphatic carbocycles. The van der Waals surface area contributed by atoms with Crippen LogP contribution in [0.5, 0.6) is 0 Å². The molecular weight excluding hydrogens is 386 g/mol. The summed E-state index contributed by atoms with van der Waals surface area (Å²) in [5.41, 5.74) is 4.63. The van der Waals surface area contributed by atoms with Crippen LogP contribution in [-0.2, 0) is 23.0 Å². The summed E-state index contributed by atoms with van der Waals surface area (Å²) in [7, 11) is -0.283. The maximum atomic E-state index is 11.8. The highest BCUT2D eigenvalue weighted by Gasteiger charge is 2.10. The molecule has 0 unspecified atom stereocenters. The van der Waals surface area contributed by atoms with Gasteiger partial charge in [-0.15, -0.1) is 0 Å². The summed E-state index contributed by atoms with van der Waals surface area (Å²) in [6.07, 6.45) is 2.93. The van der Waals surface area contributed by atoms with Gasteiger partial charge in [0.25, 0.3) is 0 Å². The van der Waals surface area contributed by atoms with Gasteiger partial charge in [0.2, 0.25) is 10.0 Å². The van der Waals surface area contributed by atoms with Crippen LogP contribution in [0.1, 0.15) is 16.7 Å². The molecule has 0 spiro atoms. The lowest BCUT2D eigenvalue weighted by Gasteiger charge is -2.12. The molecule has 2 aromatic carbocycles. The number of sulfonamides is 1. The Kier molecular flexibility index (Phi) is 6.56. The molecule has 0 saturated heterocycles. The number of H-pyrrole nitrogens is 1. The second-order valence-corrected chi connectivity index (χ2v) is 8.70. The van der Waals surface area contributed by atoms with Gasteiger partial charge < -0.3 is 15.6 Å². The lowest BCUT2D eigenvalue weighted by atomic mass is 10.1. The zero-order valence-electron chi connectivity index (χ0n) is 16.9. The van der Waals surface area contributed by atoms with E-state index in [9.17, 15) is 8.42 Å². The quantitative estimate of drug-likeness (QED) is 0.353. The Balaban J connectivity index is 1.52. The Morgan fingerprint density at radius 1 is 1.10 bits per heavy atom. The van der Waals surface area contributed by atoms with Crippen LogP contribution in [0.15, 0.2) is 58.5 Å². The molecule has 0 aliphatic heterocycles. The van der Waals surface area contributed by atoms with Crippen molar-refractivity contribution >= 4 is 26.9 Å². The first-order valence-corrected chi connectivity index (χ1v) is 10.9. The molecule has 0 fully saturated rings. The van der Waals surface area contributed by atoms with E-state index in [0.29, 0.717) is 12.5 Å². The van der Waals surface area contributed by atoms with Crippen LogP contribution in [-0.4, -0.2) is 40.0 Å². The zero-order chi connectivity index (χ0) is 20.9. The van der Waals surface area contributed by atoms with Crippen LogP contribution in [0.2, 0.25) is 0 Å². The molecule has 0 atom stereocenters. The first-order valence-electron chi connectivity index (χ1n) is 9.46. The van der Waals surface area contributed by atoms with E-state index in [-0.39, 0.29) is 4.90 Å². The fourth-order valence-electron chi connectivity index (χ4n) is 3.13. The summed E-state index contributed by atoms with van der Waals surface area (Å²) in [4.78, 5) is 7.82. The Bertz CT molecular complexity index is 1100. The number of aromatic amines is 1. The number of nitrogens with one attached hydrogen (secondary N) is 4. The Hall–Kier alpha value is -2.84. The van der Waals surface area contributed by atoms with E-state index in [2.05, 4.69) is 56.7 Å². The number of hydrogen-bond acceptors (Lipinski definition) is 3.